The summed E-state index contributed by atoms with van der Waals surface area (Å²) >= 11 is 12.1. The maximum absolute atomic E-state index is 9.93. The van der Waals surface area contributed by atoms with Gasteiger partial charge in [0.1, 0.15) is 0 Å². The van der Waals surface area contributed by atoms with Gasteiger partial charge in [-0.3, -0.25) is 0 Å². The predicted octanol–water partition coefficient (Wildman–Crippen LogP) is 2.66. The van der Waals surface area contributed by atoms with Crippen molar-refractivity contribution in [2.24, 2.45) is 0 Å². The molecule has 3 nitrogen and oxygen atoms in total. The smallest absolute Gasteiger partial charge is 0.160 e. The molecule has 0 aliphatic carbocycles. The molecular formula is C12H14Cl2O3. The van der Waals surface area contributed by atoms with Gasteiger partial charge in [-0.2, -0.15) is 0 Å². The fourth-order valence-electron chi connectivity index (χ4n) is 1.81. The first-order chi connectivity index (χ1) is 8.16. The SMILES string of the molecule is OC(Cc1c(Cl)cccc1Cl)CC1OCCO1. The van der Waals surface area contributed by atoms with Gasteiger partial charge in [-0.25, -0.2) is 0 Å². The van der Waals surface area contributed by atoms with Crippen molar-refractivity contribution >= 4 is 23.2 Å². The highest BCUT2D eigenvalue weighted by Gasteiger charge is 2.21. The Hall–Kier alpha value is -0.320. The molecular weight excluding hydrogens is 263 g/mol. The molecule has 1 atom stereocenters. The van der Waals surface area contributed by atoms with Crippen LogP contribution in [0.1, 0.15) is 12.0 Å². The van der Waals surface area contributed by atoms with E-state index in [0.29, 0.717) is 36.1 Å². The Morgan fingerprint density at radius 1 is 1.24 bits per heavy atom. The summed E-state index contributed by atoms with van der Waals surface area (Å²) in [7, 11) is 0. The zero-order valence-electron chi connectivity index (χ0n) is 9.23. The van der Waals surface area contributed by atoms with Crippen molar-refractivity contribution in [2.75, 3.05) is 13.2 Å². The minimum absolute atomic E-state index is 0.314. The van der Waals surface area contributed by atoms with E-state index in [1.54, 1.807) is 18.2 Å². The second-order valence-corrected chi connectivity index (χ2v) is 4.78. The number of halogens is 2. The quantitative estimate of drug-likeness (QED) is 0.919. The molecule has 0 bridgehead atoms. The first kappa shape index (κ1) is 13.1. The van der Waals surface area contributed by atoms with Crippen LogP contribution < -0.4 is 0 Å². The summed E-state index contributed by atoms with van der Waals surface area (Å²) in [5, 5.41) is 11.1. The lowest BCUT2D eigenvalue weighted by atomic mass is 10.1. The van der Waals surface area contributed by atoms with Crippen LogP contribution in [0.25, 0.3) is 0 Å². The summed E-state index contributed by atoms with van der Waals surface area (Å²) in [5.41, 5.74) is 0.765. The summed E-state index contributed by atoms with van der Waals surface area (Å²) < 4.78 is 10.5. The number of hydrogen-bond donors (Lipinski definition) is 1. The Labute approximate surface area is 110 Å². The number of benzene rings is 1. The van der Waals surface area contributed by atoms with Gasteiger partial charge in [-0.15, -0.1) is 0 Å². The lowest BCUT2D eigenvalue weighted by Crippen LogP contribution is -2.20. The molecule has 1 aromatic rings. The maximum Gasteiger partial charge on any atom is 0.160 e. The van der Waals surface area contributed by atoms with E-state index in [-0.39, 0.29) is 6.29 Å². The van der Waals surface area contributed by atoms with Crippen LogP contribution in [-0.2, 0) is 15.9 Å². The van der Waals surface area contributed by atoms with Crippen molar-refractivity contribution in [3.05, 3.63) is 33.8 Å². The number of aliphatic hydroxyl groups excluding tert-OH is 1. The van der Waals surface area contributed by atoms with Gasteiger partial charge >= 0.3 is 0 Å². The molecule has 17 heavy (non-hydrogen) atoms. The van der Waals surface area contributed by atoms with Gasteiger partial charge in [-0.05, 0) is 17.7 Å². The highest BCUT2D eigenvalue weighted by molar-refractivity contribution is 6.35. The molecule has 5 heteroatoms. The molecule has 0 aromatic heterocycles. The van der Waals surface area contributed by atoms with Gasteiger partial charge in [0.25, 0.3) is 0 Å². The highest BCUT2D eigenvalue weighted by Crippen LogP contribution is 2.26. The molecule has 1 unspecified atom stereocenters. The molecule has 1 aliphatic rings. The largest absolute Gasteiger partial charge is 0.393 e. The number of aliphatic hydroxyl groups is 1. The van der Waals surface area contributed by atoms with Crippen molar-refractivity contribution in [3.63, 3.8) is 0 Å². The first-order valence-corrected chi connectivity index (χ1v) is 6.26. The van der Waals surface area contributed by atoms with Crippen LogP contribution in [0.2, 0.25) is 10.0 Å². The summed E-state index contributed by atoms with van der Waals surface area (Å²) in [4.78, 5) is 0. The molecule has 1 N–H and O–H groups in total. The summed E-state index contributed by atoms with van der Waals surface area (Å²) in [6.07, 6.45) is -0.0507. The van der Waals surface area contributed by atoms with Crippen molar-refractivity contribution in [3.8, 4) is 0 Å². The summed E-state index contributed by atoms with van der Waals surface area (Å²) in [6, 6.07) is 5.31. The fourth-order valence-corrected chi connectivity index (χ4v) is 2.36. The molecule has 1 fully saturated rings. The van der Waals surface area contributed by atoms with E-state index in [9.17, 15) is 5.11 Å². The molecule has 0 spiro atoms. The third-order valence-corrected chi connectivity index (χ3v) is 3.37. The number of rotatable bonds is 4. The van der Waals surface area contributed by atoms with Crippen molar-refractivity contribution < 1.29 is 14.6 Å². The van der Waals surface area contributed by atoms with Gasteiger partial charge in [0.05, 0.1) is 19.3 Å². The molecule has 1 heterocycles. The summed E-state index contributed by atoms with van der Waals surface area (Å²) in [6.45, 7) is 1.18. The highest BCUT2D eigenvalue weighted by atomic mass is 35.5. The van der Waals surface area contributed by atoms with Crippen LogP contribution in [0.5, 0.6) is 0 Å². The lowest BCUT2D eigenvalue weighted by Gasteiger charge is -2.16. The molecule has 0 saturated carbocycles. The van der Waals surface area contributed by atoms with Gasteiger partial charge in [0.2, 0.25) is 0 Å². The van der Waals surface area contributed by atoms with Crippen molar-refractivity contribution in [2.45, 2.75) is 25.2 Å². The van der Waals surface area contributed by atoms with Crippen LogP contribution in [-0.4, -0.2) is 30.7 Å². The lowest BCUT2D eigenvalue weighted by molar-refractivity contribution is -0.0698. The van der Waals surface area contributed by atoms with Crippen LogP contribution in [0.4, 0.5) is 0 Å². The minimum atomic E-state index is -0.574. The number of ether oxygens (including phenoxy) is 2. The maximum atomic E-state index is 9.93. The summed E-state index contributed by atoms with van der Waals surface area (Å²) in [5.74, 6) is 0. The Morgan fingerprint density at radius 2 is 1.82 bits per heavy atom. The molecule has 2 rings (SSSR count). The molecule has 0 amide bonds. The Bertz CT molecular complexity index is 358. The van der Waals surface area contributed by atoms with E-state index in [0.717, 1.165) is 5.56 Å². The Balaban J connectivity index is 1.95. The average molecular weight is 277 g/mol. The second-order valence-electron chi connectivity index (χ2n) is 3.97. The molecule has 94 valence electrons. The molecule has 1 aliphatic heterocycles. The monoisotopic (exact) mass is 276 g/mol. The zero-order chi connectivity index (χ0) is 12.3. The minimum Gasteiger partial charge on any atom is -0.393 e. The second kappa shape index (κ2) is 6.03. The first-order valence-electron chi connectivity index (χ1n) is 5.51. The zero-order valence-corrected chi connectivity index (χ0v) is 10.7. The van der Waals surface area contributed by atoms with E-state index in [1.807, 2.05) is 0 Å². The van der Waals surface area contributed by atoms with Crippen LogP contribution in [0.15, 0.2) is 18.2 Å². The normalized spacial score (nSPS) is 18.5. The van der Waals surface area contributed by atoms with E-state index in [4.69, 9.17) is 32.7 Å². The van der Waals surface area contributed by atoms with Gasteiger partial charge in [0.15, 0.2) is 6.29 Å². The Kier molecular flexibility index (Phi) is 4.65. The molecule has 1 saturated heterocycles. The van der Waals surface area contributed by atoms with E-state index in [2.05, 4.69) is 0 Å². The van der Waals surface area contributed by atoms with Gasteiger partial charge in [0, 0.05) is 22.9 Å². The van der Waals surface area contributed by atoms with E-state index < -0.39 is 6.10 Å². The third-order valence-electron chi connectivity index (χ3n) is 2.66. The van der Waals surface area contributed by atoms with E-state index in [1.165, 1.54) is 0 Å². The van der Waals surface area contributed by atoms with Crippen molar-refractivity contribution in [1.82, 2.24) is 0 Å². The average Bonchev–Trinajstić information content (AvgIpc) is 2.76. The topological polar surface area (TPSA) is 38.7 Å². The van der Waals surface area contributed by atoms with Gasteiger partial charge < -0.3 is 14.6 Å². The van der Waals surface area contributed by atoms with Crippen molar-refractivity contribution in [1.29, 1.82) is 0 Å². The molecule has 1 aromatic carbocycles. The standard InChI is InChI=1S/C12H14Cl2O3/c13-10-2-1-3-11(14)9(10)6-8(15)7-12-16-4-5-17-12/h1-3,8,12,15H,4-7H2. The fraction of sp³-hybridized carbons (Fsp3) is 0.500. The van der Waals surface area contributed by atoms with Crippen LogP contribution >= 0.6 is 23.2 Å². The van der Waals surface area contributed by atoms with Crippen LogP contribution in [0.3, 0.4) is 0 Å². The number of hydrogen-bond acceptors (Lipinski definition) is 3. The third kappa shape index (κ3) is 3.57. The predicted molar refractivity (Wildman–Crippen MR) is 66.5 cm³/mol. The molecule has 0 radical (unpaired) electrons. The van der Waals surface area contributed by atoms with Crippen LogP contribution in [0, 0.1) is 0 Å². The van der Waals surface area contributed by atoms with E-state index >= 15 is 0 Å². The van der Waals surface area contributed by atoms with Gasteiger partial charge in [-0.1, -0.05) is 29.3 Å². The Morgan fingerprint density at radius 3 is 2.41 bits per heavy atom.